The highest BCUT2D eigenvalue weighted by atomic mass is 32.1. The minimum Gasteiger partial charge on any atom is -0.493 e. The molecule has 0 amide bonds. The van der Waals surface area contributed by atoms with E-state index in [1.807, 2.05) is 13.0 Å². The number of rotatable bonds is 3. The predicted molar refractivity (Wildman–Crippen MR) is 113 cm³/mol. The number of aromatic nitrogens is 3. The summed E-state index contributed by atoms with van der Waals surface area (Å²) in [5.41, 5.74) is 1.88. The van der Waals surface area contributed by atoms with E-state index in [-0.39, 0.29) is 22.6 Å². The number of hydrogen-bond donors (Lipinski definition) is 2. The van der Waals surface area contributed by atoms with Crippen molar-refractivity contribution in [2.75, 3.05) is 0 Å². The Morgan fingerprint density at radius 2 is 1.90 bits per heavy atom. The maximum absolute atomic E-state index is 14.2. The van der Waals surface area contributed by atoms with Crippen molar-refractivity contribution in [3.63, 3.8) is 0 Å². The van der Waals surface area contributed by atoms with Crippen LogP contribution in [0.3, 0.4) is 0 Å². The highest BCUT2D eigenvalue weighted by Crippen LogP contribution is 2.35. The van der Waals surface area contributed by atoms with E-state index in [9.17, 15) is 13.9 Å². The van der Waals surface area contributed by atoms with Crippen LogP contribution in [0.4, 0.5) is 8.78 Å². The lowest BCUT2D eigenvalue weighted by Gasteiger charge is -2.13. The first kappa shape index (κ1) is 20.4. The van der Waals surface area contributed by atoms with Crippen LogP contribution in [0.15, 0.2) is 40.8 Å². The van der Waals surface area contributed by atoms with E-state index >= 15 is 0 Å². The smallest absolute Gasteiger partial charge is 0.215 e. The number of benzene rings is 1. The Bertz CT molecular complexity index is 1260. The summed E-state index contributed by atoms with van der Waals surface area (Å²) >= 11 is 4.40. The molecule has 0 saturated heterocycles. The van der Waals surface area contributed by atoms with E-state index in [0.717, 1.165) is 17.4 Å². The number of nitrogens with zero attached hydrogens (tertiary/aromatic N) is 3. The van der Waals surface area contributed by atoms with Crippen LogP contribution in [0.5, 0.6) is 5.88 Å². The molecule has 3 heterocycles. The monoisotopic (exact) mass is 429 g/mol. The second-order valence-corrected chi connectivity index (χ2v) is 8.73. The predicted octanol–water partition coefficient (Wildman–Crippen LogP) is 5.60. The lowest BCUT2D eigenvalue weighted by atomic mass is 9.93. The minimum atomic E-state index is -0.989. The third kappa shape index (κ3) is 3.45. The van der Waals surface area contributed by atoms with Gasteiger partial charge in [0.2, 0.25) is 5.88 Å². The van der Waals surface area contributed by atoms with E-state index < -0.39 is 16.9 Å². The standard InChI is InChI=1S/C22H21F2N3O2S/c1-11-13(8-17(29-11)22(2,3)4)15-9-18-25-16(10-19(28)27(18)26-15)21(30)12-6-5-7-14(23)20(12)24/h5-10,21,28,30H,1-4H3. The van der Waals surface area contributed by atoms with Gasteiger partial charge in [0.1, 0.15) is 11.5 Å². The molecule has 3 aromatic heterocycles. The zero-order valence-corrected chi connectivity index (χ0v) is 17.8. The van der Waals surface area contributed by atoms with E-state index in [0.29, 0.717) is 17.1 Å². The van der Waals surface area contributed by atoms with Crippen LogP contribution in [-0.4, -0.2) is 19.7 Å². The molecule has 0 radical (unpaired) electrons. The van der Waals surface area contributed by atoms with Crippen molar-refractivity contribution in [2.24, 2.45) is 0 Å². The Hall–Kier alpha value is -2.87. The summed E-state index contributed by atoms with van der Waals surface area (Å²) < 4.78 is 34.9. The zero-order valence-electron chi connectivity index (χ0n) is 16.9. The average Bonchev–Trinajstić information content (AvgIpc) is 3.26. The maximum Gasteiger partial charge on any atom is 0.215 e. The molecule has 0 spiro atoms. The van der Waals surface area contributed by atoms with Gasteiger partial charge in [-0.2, -0.15) is 22.2 Å². The van der Waals surface area contributed by atoms with Gasteiger partial charge in [0, 0.05) is 28.7 Å². The molecule has 1 N–H and O–H groups in total. The number of aryl methyl sites for hydroxylation is 1. The molecule has 0 aliphatic rings. The fraction of sp³-hybridized carbons (Fsp3) is 0.273. The number of halogens is 2. The van der Waals surface area contributed by atoms with Crippen LogP contribution in [0.1, 0.15) is 48.8 Å². The summed E-state index contributed by atoms with van der Waals surface area (Å²) in [6.45, 7) is 8.01. The van der Waals surface area contributed by atoms with Gasteiger partial charge >= 0.3 is 0 Å². The summed E-state index contributed by atoms with van der Waals surface area (Å²) in [4.78, 5) is 4.46. The van der Waals surface area contributed by atoms with E-state index in [1.54, 1.807) is 6.07 Å². The molecule has 8 heteroatoms. The first-order chi connectivity index (χ1) is 14.1. The fourth-order valence-electron chi connectivity index (χ4n) is 3.25. The molecule has 0 bridgehead atoms. The van der Waals surface area contributed by atoms with Crippen molar-refractivity contribution >= 4 is 18.3 Å². The number of fused-ring (bicyclic) bond motifs is 1. The lowest BCUT2D eigenvalue weighted by Crippen LogP contribution is -2.09. The zero-order chi connectivity index (χ0) is 21.8. The summed E-state index contributed by atoms with van der Waals surface area (Å²) in [6.07, 6.45) is 0. The van der Waals surface area contributed by atoms with Crippen molar-refractivity contribution in [3.8, 4) is 17.1 Å². The van der Waals surface area contributed by atoms with Crippen LogP contribution < -0.4 is 0 Å². The van der Waals surface area contributed by atoms with Gasteiger partial charge in [-0.25, -0.2) is 13.8 Å². The first-order valence-corrected chi connectivity index (χ1v) is 9.91. The van der Waals surface area contributed by atoms with Gasteiger partial charge in [0.05, 0.1) is 16.6 Å². The summed E-state index contributed by atoms with van der Waals surface area (Å²) in [5.74, 6) is -0.613. The van der Waals surface area contributed by atoms with Gasteiger partial charge in [-0.05, 0) is 19.1 Å². The van der Waals surface area contributed by atoms with Crippen molar-refractivity contribution in [1.29, 1.82) is 0 Å². The Labute approximate surface area is 177 Å². The highest BCUT2D eigenvalue weighted by Gasteiger charge is 2.24. The number of hydrogen-bond acceptors (Lipinski definition) is 5. The van der Waals surface area contributed by atoms with Crippen LogP contribution in [-0.2, 0) is 5.41 Å². The highest BCUT2D eigenvalue weighted by molar-refractivity contribution is 7.80. The van der Waals surface area contributed by atoms with E-state index in [4.69, 9.17) is 4.42 Å². The molecule has 4 rings (SSSR count). The normalized spacial score (nSPS) is 13.2. The van der Waals surface area contributed by atoms with Crippen LogP contribution in [0, 0.1) is 18.6 Å². The molecule has 1 atom stereocenters. The van der Waals surface area contributed by atoms with E-state index in [1.165, 1.54) is 22.7 Å². The van der Waals surface area contributed by atoms with Crippen LogP contribution in [0.2, 0.25) is 0 Å². The Kier molecular flexibility index (Phi) is 4.85. The molecule has 0 aliphatic heterocycles. The quantitative estimate of drug-likeness (QED) is 0.416. The summed E-state index contributed by atoms with van der Waals surface area (Å²) in [5, 5.41) is 14.0. The van der Waals surface area contributed by atoms with Crippen molar-refractivity contribution in [2.45, 2.75) is 38.4 Å². The van der Waals surface area contributed by atoms with Crippen molar-refractivity contribution in [1.82, 2.24) is 14.6 Å². The molecule has 4 aromatic rings. The molecule has 156 valence electrons. The van der Waals surface area contributed by atoms with Gasteiger partial charge in [-0.15, -0.1) is 0 Å². The molecule has 0 aliphatic carbocycles. The Morgan fingerprint density at radius 3 is 2.57 bits per heavy atom. The summed E-state index contributed by atoms with van der Waals surface area (Å²) in [7, 11) is 0. The van der Waals surface area contributed by atoms with Gasteiger partial charge in [-0.1, -0.05) is 32.9 Å². The topological polar surface area (TPSA) is 63.6 Å². The lowest BCUT2D eigenvalue weighted by molar-refractivity contribution is 0.396. The third-order valence-electron chi connectivity index (χ3n) is 4.92. The molecule has 5 nitrogen and oxygen atoms in total. The van der Waals surface area contributed by atoms with Gasteiger partial charge in [-0.3, -0.25) is 0 Å². The number of aromatic hydroxyl groups is 1. The Balaban J connectivity index is 1.79. The van der Waals surface area contributed by atoms with Gasteiger partial charge in [0.15, 0.2) is 17.3 Å². The molecule has 0 fully saturated rings. The molecule has 0 saturated carbocycles. The second kappa shape index (κ2) is 7.12. The summed E-state index contributed by atoms with van der Waals surface area (Å²) in [6, 6.07) is 8.85. The van der Waals surface area contributed by atoms with Crippen molar-refractivity contribution < 1.29 is 18.3 Å². The minimum absolute atomic E-state index is 0.0369. The van der Waals surface area contributed by atoms with E-state index in [2.05, 4.69) is 43.5 Å². The largest absolute Gasteiger partial charge is 0.493 e. The second-order valence-electron chi connectivity index (χ2n) is 8.21. The SMILES string of the molecule is Cc1oc(C(C)(C)C)cc1-c1cc2nc(C(S)c3cccc(F)c3F)cc(O)n2n1. The molecule has 1 aromatic carbocycles. The molecular weight excluding hydrogens is 408 g/mol. The van der Waals surface area contributed by atoms with Crippen LogP contribution >= 0.6 is 12.6 Å². The molecular formula is C22H21F2N3O2S. The first-order valence-electron chi connectivity index (χ1n) is 9.39. The number of furan rings is 1. The molecule has 30 heavy (non-hydrogen) atoms. The van der Waals surface area contributed by atoms with Crippen molar-refractivity contribution in [3.05, 3.63) is 70.8 Å². The maximum atomic E-state index is 14.2. The van der Waals surface area contributed by atoms with Gasteiger partial charge < -0.3 is 9.52 Å². The Morgan fingerprint density at radius 1 is 1.17 bits per heavy atom. The fourth-order valence-corrected chi connectivity index (χ4v) is 3.58. The number of thiol groups is 1. The van der Waals surface area contributed by atoms with Gasteiger partial charge in [0.25, 0.3) is 0 Å². The average molecular weight is 429 g/mol. The third-order valence-corrected chi connectivity index (χ3v) is 5.46. The van der Waals surface area contributed by atoms with Crippen LogP contribution in [0.25, 0.3) is 16.9 Å². The molecule has 1 unspecified atom stereocenters.